The third kappa shape index (κ3) is 3.78. The summed E-state index contributed by atoms with van der Waals surface area (Å²) in [4.78, 5) is 16.2. The third-order valence-corrected chi connectivity index (χ3v) is 5.90. The molecule has 1 aliphatic carbocycles. The van der Waals surface area contributed by atoms with Crippen LogP contribution < -0.4 is 5.32 Å². The maximum Gasteiger partial charge on any atom is 0.350 e. The first-order chi connectivity index (χ1) is 16.8. The molecule has 1 N–H and O–H groups in total. The molecule has 0 atom stereocenters. The number of carbonyl (C=O) groups excluding carboxylic acids is 1. The summed E-state index contributed by atoms with van der Waals surface area (Å²) in [5.74, 6) is -4.56. The number of halogens is 3. The van der Waals surface area contributed by atoms with Crippen molar-refractivity contribution in [3.8, 4) is 11.1 Å². The van der Waals surface area contributed by atoms with E-state index in [0.717, 1.165) is 18.9 Å². The van der Waals surface area contributed by atoms with Crippen molar-refractivity contribution < 1.29 is 18.0 Å². The summed E-state index contributed by atoms with van der Waals surface area (Å²) in [6, 6.07) is 10.3. The van der Waals surface area contributed by atoms with Gasteiger partial charge in [0.1, 0.15) is 11.5 Å². The van der Waals surface area contributed by atoms with Gasteiger partial charge in [-0.2, -0.15) is 13.9 Å². The van der Waals surface area contributed by atoms with Crippen molar-refractivity contribution in [3.05, 3.63) is 77.8 Å². The lowest BCUT2D eigenvalue weighted by Gasteiger charge is -2.14. The van der Waals surface area contributed by atoms with E-state index in [2.05, 4.69) is 25.6 Å². The molecule has 1 fully saturated rings. The summed E-state index contributed by atoms with van der Waals surface area (Å²) in [7, 11) is 0. The Labute approximate surface area is 196 Å². The lowest BCUT2D eigenvalue weighted by Crippen LogP contribution is -2.22. The minimum absolute atomic E-state index is 0.0185. The van der Waals surface area contributed by atoms with Gasteiger partial charge in [0, 0.05) is 12.1 Å². The standard InChI is InChI=1S/C24H18F3N7O/c1-13-8-16(10-17(25)9-13)15-4-6-21-30-31-23(33(21)11-15)24(26,27)18-5-7-20-28-19(12-34(20)32-18)29-22(35)14-2-3-14/h4-12,14H,2-3H2,1H3,(H,29,35). The number of amides is 1. The highest BCUT2D eigenvalue weighted by Gasteiger charge is 2.41. The molecule has 0 spiro atoms. The van der Waals surface area contributed by atoms with Gasteiger partial charge in [0.25, 0.3) is 0 Å². The number of carbonyl (C=O) groups is 1. The summed E-state index contributed by atoms with van der Waals surface area (Å²) in [6.07, 6.45) is 4.51. The Hall–Kier alpha value is -4.28. The molecule has 1 amide bonds. The molecule has 11 heteroatoms. The summed E-state index contributed by atoms with van der Waals surface area (Å²) in [5, 5.41) is 14.3. The third-order valence-electron chi connectivity index (χ3n) is 5.90. The Morgan fingerprint density at radius 2 is 1.83 bits per heavy atom. The van der Waals surface area contributed by atoms with Gasteiger partial charge in [-0.1, -0.05) is 6.07 Å². The molecular weight excluding hydrogens is 459 g/mol. The molecule has 0 bridgehead atoms. The number of hydrogen-bond acceptors (Lipinski definition) is 5. The van der Waals surface area contributed by atoms with Crippen molar-refractivity contribution >= 4 is 23.0 Å². The van der Waals surface area contributed by atoms with E-state index in [9.17, 15) is 9.18 Å². The number of aromatic nitrogens is 6. The topological polar surface area (TPSA) is 89.5 Å². The molecule has 0 radical (unpaired) electrons. The zero-order valence-corrected chi connectivity index (χ0v) is 18.4. The van der Waals surface area contributed by atoms with Gasteiger partial charge >= 0.3 is 5.92 Å². The number of rotatable bonds is 5. The molecule has 4 aromatic heterocycles. The fourth-order valence-electron chi connectivity index (χ4n) is 3.98. The zero-order valence-electron chi connectivity index (χ0n) is 18.4. The van der Waals surface area contributed by atoms with Crippen molar-refractivity contribution in [2.75, 3.05) is 5.32 Å². The quantitative estimate of drug-likeness (QED) is 0.406. The van der Waals surface area contributed by atoms with Gasteiger partial charge in [-0.3, -0.25) is 9.20 Å². The Bertz CT molecular complexity index is 1600. The lowest BCUT2D eigenvalue weighted by atomic mass is 10.0. The van der Waals surface area contributed by atoms with Crippen LogP contribution in [0, 0.1) is 18.7 Å². The van der Waals surface area contributed by atoms with Crippen molar-refractivity contribution in [2.24, 2.45) is 5.92 Å². The number of benzene rings is 1. The molecule has 1 saturated carbocycles. The molecule has 5 aromatic rings. The summed E-state index contributed by atoms with van der Waals surface area (Å²) < 4.78 is 47.5. The minimum atomic E-state index is -3.61. The number of anilines is 1. The second-order valence-corrected chi connectivity index (χ2v) is 8.67. The molecule has 35 heavy (non-hydrogen) atoms. The summed E-state index contributed by atoms with van der Waals surface area (Å²) in [6.45, 7) is 1.75. The highest BCUT2D eigenvalue weighted by atomic mass is 19.3. The van der Waals surface area contributed by atoms with Gasteiger partial charge in [-0.15, -0.1) is 10.2 Å². The Kier molecular flexibility index (Phi) is 4.63. The predicted octanol–water partition coefficient (Wildman–Crippen LogP) is 4.38. The second kappa shape index (κ2) is 7.62. The number of hydrogen-bond donors (Lipinski definition) is 1. The number of nitrogens with one attached hydrogen (secondary N) is 1. The van der Waals surface area contributed by atoms with E-state index in [1.54, 1.807) is 25.1 Å². The Morgan fingerprint density at radius 1 is 1.03 bits per heavy atom. The molecule has 1 aliphatic rings. The van der Waals surface area contributed by atoms with Crippen LogP contribution in [0.15, 0.2) is 54.9 Å². The predicted molar refractivity (Wildman–Crippen MR) is 120 cm³/mol. The van der Waals surface area contributed by atoms with Crippen molar-refractivity contribution in [2.45, 2.75) is 25.7 Å². The van der Waals surface area contributed by atoms with E-state index < -0.39 is 23.3 Å². The Morgan fingerprint density at radius 3 is 2.60 bits per heavy atom. The molecule has 0 aliphatic heterocycles. The normalized spacial score (nSPS) is 14.1. The van der Waals surface area contributed by atoms with E-state index in [1.165, 1.54) is 39.5 Å². The summed E-state index contributed by atoms with van der Waals surface area (Å²) in [5.41, 5.74) is 1.75. The fourth-order valence-corrected chi connectivity index (χ4v) is 3.98. The average molecular weight is 477 g/mol. The maximum atomic E-state index is 15.6. The molecule has 8 nitrogen and oxygen atoms in total. The monoisotopic (exact) mass is 477 g/mol. The van der Waals surface area contributed by atoms with Crippen LogP contribution in [0.5, 0.6) is 0 Å². The SMILES string of the molecule is Cc1cc(F)cc(-c2ccc3nnc(C(F)(F)c4ccc5nc(NC(=O)C6CC6)cn5n4)n3c2)c1. The van der Waals surface area contributed by atoms with Crippen LogP contribution in [0.2, 0.25) is 0 Å². The van der Waals surface area contributed by atoms with Crippen LogP contribution in [-0.2, 0) is 10.7 Å². The minimum Gasteiger partial charge on any atom is -0.309 e. The van der Waals surface area contributed by atoms with Crippen LogP contribution in [0.1, 0.15) is 29.9 Å². The first-order valence-corrected chi connectivity index (χ1v) is 11.0. The highest BCUT2D eigenvalue weighted by Crippen LogP contribution is 2.35. The number of fused-ring (bicyclic) bond motifs is 2. The van der Waals surface area contributed by atoms with Gasteiger partial charge in [-0.25, -0.2) is 13.9 Å². The zero-order chi connectivity index (χ0) is 24.3. The van der Waals surface area contributed by atoms with Crippen molar-refractivity contribution in [1.29, 1.82) is 0 Å². The van der Waals surface area contributed by atoms with Gasteiger partial charge in [-0.05, 0) is 72.9 Å². The van der Waals surface area contributed by atoms with Gasteiger partial charge in [0.2, 0.25) is 11.7 Å². The number of aryl methyl sites for hydroxylation is 1. The van der Waals surface area contributed by atoms with Crippen molar-refractivity contribution in [1.82, 2.24) is 29.2 Å². The van der Waals surface area contributed by atoms with Crippen molar-refractivity contribution in [3.63, 3.8) is 0 Å². The van der Waals surface area contributed by atoms with Crippen LogP contribution in [-0.4, -0.2) is 35.1 Å². The molecule has 0 unspecified atom stereocenters. The van der Waals surface area contributed by atoms with E-state index >= 15 is 8.78 Å². The number of pyridine rings is 1. The van der Waals surface area contributed by atoms with E-state index in [1.807, 2.05) is 0 Å². The van der Waals surface area contributed by atoms with Crippen LogP contribution in [0.25, 0.3) is 22.4 Å². The number of imidazole rings is 1. The largest absolute Gasteiger partial charge is 0.350 e. The van der Waals surface area contributed by atoms with E-state index in [0.29, 0.717) is 22.3 Å². The van der Waals surface area contributed by atoms with E-state index in [4.69, 9.17) is 0 Å². The molecule has 176 valence electrons. The molecular formula is C24H18F3N7O. The number of alkyl halides is 2. The van der Waals surface area contributed by atoms with Gasteiger partial charge in [0.05, 0.1) is 6.20 Å². The second-order valence-electron chi connectivity index (χ2n) is 8.67. The van der Waals surface area contributed by atoms with Gasteiger partial charge in [0.15, 0.2) is 17.1 Å². The lowest BCUT2D eigenvalue weighted by molar-refractivity contribution is -0.117. The van der Waals surface area contributed by atoms with Gasteiger partial charge < -0.3 is 5.32 Å². The van der Waals surface area contributed by atoms with E-state index in [-0.39, 0.29) is 23.3 Å². The smallest absolute Gasteiger partial charge is 0.309 e. The Balaban J connectivity index is 1.38. The summed E-state index contributed by atoms with van der Waals surface area (Å²) >= 11 is 0. The first-order valence-electron chi connectivity index (χ1n) is 11.0. The average Bonchev–Trinajstić information content (AvgIpc) is 3.45. The fraction of sp³-hybridized carbons (Fsp3) is 0.208. The molecule has 1 aromatic carbocycles. The maximum absolute atomic E-state index is 15.6. The van der Waals surface area contributed by atoms with Crippen LogP contribution in [0.4, 0.5) is 19.0 Å². The number of nitrogens with zero attached hydrogens (tertiary/aromatic N) is 6. The molecule has 6 rings (SSSR count). The van der Waals surface area contributed by atoms with Crippen LogP contribution in [0.3, 0.4) is 0 Å². The molecule has 4 heterocycles. The van der Waals surface area contributed by atoms with Crippen LogP contribution >= 0.6 is 0 Å². The first kappa shape index (κ1) is 21.3. The molecule has 0 saturated heterocycles. The highest BCUT2D eigenvalue weighted by molar-refractivity contribution is 5.93.